The first kappa shape index (κ1) is 15.8. The molecule has 0 radical (unpaired) electrons. The van der Waals surface area contributed by atoms with E-state index >= 15 is 0 Å². The van der Waals surface area contributed by atoms with Gasteiger partial charge in [-0.25, -0.2) is 9.59 Å². The first-order chi connectivity index (χ1) is 9.54. The van der Waals surface area contributed by atoms with Crippen LogP contribution in [0.2, 0.25) is 0 Å². The molecule has 0 aliphatic heterocycles. The lowest BCUT2D eigenvalue weighted by Gasteiger charge is -2.08. The van der Waals surface area contributed by atoms with Crippen LogP contribution in [0.1, 0.15) is 43.0 Å². The summed E-state index contributed by atoms with van der Waals surface area (Å²) in [5, 5.41) is 8.78. The van der Waals surface area contributed by atoms with Crippen molar-refractivity contribution in [1.82, 2.24) is 0 Å². The molecule has 0 aliphatic rings. The molecule has 20 heavy (non-hydrogen) atoms. The fourth-order valence-corrected chi connectivity index (χ4v) is 1.58. The average molecular weight is 281 g/mol. The molecule has 110 valence electrons. The van der Waals surface area contributed by atoms with E-state index in [0.717, 1.165) is 25.7 Å². The fourth-order valence-electron chi connectivity index (χ4n) is 1.58. The molecule has 1 rings (SSSR count). The van der Waals surface area contributed by atoms with Crippen LogP contribution < -0.4 is 10.5 Å². The summed E-state index contributed by atoms with van der Waals surface area (Å²) in [5.41, 5.74) is 5.71. The Morgan fingerprint density at radius 1 is 1.25 bits per heavy atom. The number of rotatable bonds is 7. The highest BCUT2D eigenvalue weighted by molar-refractivity contribution is 5.89. The highest BCUT2D eigenvalue weighted by atomic mass is 16.7. The van der Waals surface area contributed by atoms with Gasteiger partial charge in [0, 0.05) is 0 Å². The van der Waals surface area contributed by atoms with Crippen LogP contribution in [-0.4, -0.2) is 23.8 Å². The second-order valence-electron chi connectivity index (χ2n) is 4.32. The van der Waals surface area contributed by atoms with Crippen molar-refractivity contribution in [2.24, 2.45) is 0 Å². The molecule has 0 fully saturated rings. The van der Waals surface area contributed by atoms with Gasteiger partial charge in [-0.3, -0.25) is 0 Å². The molecule has 0 saturated carbocycles. The van der Waals surface area contributed by atoms with Gasteiger partial charge >= 0.3 is 12.1 Å². The van der Waals surface area contributed by atoms with Crippen molar-refractivity contribution in [3.63, 3.8) is 0 Å². The second kappa shape index (κ2) is 8.04. The number of ether oxygens (including phenoxy) is 2. The Morgan fingerprint density at radius 2 is 2.00 bits per heavy atom. The Balaban J connectivity index is 2.44. The maximum absolute atomic E-state index is 11.4. The van der Waals surface area contributed by atoms with Crippen LogP contribution >= 0.6 is 0 Å². The molecule has 3 N–H and O–H groups in total. The van der Waals surface area contributed by atoms with E-state index in [1.807, 2.05) is 0 Å². The minimum Gasteiger partial charge on any atom is -0.478 e. The number of hydrogen-bond acceptors (Lipinski definition) is 5. The Hall–Kier alpha value is -2.24. The van der Waals surface area contributed by atoms with Crippen LogP contribution in [0.15, 0.2) is 18.2 Å². The number of benzene rings is 1. The first-order valence-corrected chi connectivity index (χ1v) is 6.52. The summed E-state index contributed by atoms with van der Waals surface area (Å²) in [4.78, 5) is 22.1. The lowest BCUT2D eigenvalue weighted by atomic mass is 10.2. The van der Waals surface area contributed by atoms with Crippen molar-refractivity contribution in [2.45, 2.75) is 32.6 Å². The Bertz CT molecular complexity index is 473. The standard InChI is InChI=1S/C14H19NO5/c1-2-3-4-5-8-19-14(18)20-12-7-6-10(13(16)17)9-11(12)15/h6-7,9H,2-5,8,15H2,1H3,(H,16,17). The van der Waals surface area contributed by atoms with E-state index in [9.17, 15) is 9.59 Å². The van der Waals surface area contributed by atoms with Crippen molar-refractivity contribution >= 4 is 17.8 Å². The number of unbranched alkanes of at least 4 members (excludes halogenated alkanes) is 3. The molecule has 0 spiro atoms. The SMILES string of the molecule is CCCCCCOC(=O)Oc1ccc(C(=O)O)cc1N. The van der Waals surface area contributed by atoms with Gasteiger partial charge < -0.3 is 20.3 Å². The van der Waals surface area contributed by atoms with Gasteiger partial charge in [0.2, 0.25) is 0 Å². The number of carbonyl (C=O) groups excluding carboxylic acids is 1. The highest BCUT2D eigenvalue weighted by Gasteiger charge is 2.11. The molecular weight excluding hydrogens is 262 g/mol. The van der Waals surface area contributed by atoms with Crippen molar-refractivity contribution in [3.05, 3.63) is 23.8 Å². The molecule has 6 heteroatoms. The summed E-state index contributed by atoms with van der Waals surface area (Å²) in [7, 11) is 0. The zero-order valence-electron chi connectivity index (χ0n) is 11.4. The summed E-state index contributed by atoms with van der Waals surface area (Å²) in [5.74, 6) is -1.00. The van der Waals surface area contributed by atoms with Gasteiger partial charge in [0.25, 0.3) is 0 Å². The fraction of sp³-hybridized carbons (Fsp3) is 0.429. The maximum Gasteiger partial charge on any atom is 0.513 e. The molecule has 0 bridgehead atoms. The molecular formula is C14H19NO5. The normalized spacial score (nSPS) is 10.1. The van der Waals surface area contributed by atoms with Crippen molar-refractivity contribution < 1.29 is 24.2 Å². The third-order valence-corrected chi connectivity index (χ3v) is 2.67. The first-order valence-electron chi connectivity index (χ1n) is 6.52. The van der Waals surface area contributed by atoms with Crippen LogP contribution in [0, 0.1) is 0 Å². The smallest absolute Gasteiger partial charge is 0.478 e. The molecule has 0 atom stereocenters. The predicted octanol–water partition coefficient (Wildman–Crippen LogP) is 3.06. The van der Waals surface area contributed by atoms with Crippen LogP contribution in [0.5, 0.6) is 5.75 Å². The van der Waals surface area contributed by atoms with Gasteiger partial charge in [0.05, 0.1) is 17.9 Å². The number of carboxylic acid groups (broad SMARTS) is 1. The van der Waals surface area contributed by atoms with Crippen LogP contribution in [-0.2, 0) is 4.74 Å². The average Bonchev–Trinajstić information content (AvgIpc) is 2.40. The zero-order chi connectivity index (χ0) is 15.0. The molecule has 0 unspecified atom stereocenters. The zero-order valence-corrected chi connectivity index (χ0v) is 11.4. The molecule has 0 heterocycles. The topological polar surface area (TPSA) is 98.8 Å². The van der Waals surface area contributed by atoms with Crippen LogP contribution in [0.3, 0.4) is 0 Å². The quantitative estimate of drug-likeness (QED) is 0.345. The van der Waals surface area contributed by atoms with Crippen molar-refractivity contribution in [1.29, 1.82) is 0 Å². The lowest BCUT2D eigenvalue weighted by molar-refractivity contribution is 0.0697. The van der Waals surface area contributed by atoms with Gasteiger partial charge in [-0.05, 0) is 24.6 Å². The number of aromatic carboxylic acids is 1. The number of anilines is 1. The molecule has 0 amide bonds. The number of carbonyl (C=O) groups is 2. The van der Waals surface area contributed by atoms with E-state index in [2.05, 4.69) is 6.92 Å². The largest absolute Gasteiger partial charge is 0.513 e. The van der Waals surface area contributed by atoms with Gasteiger partial charge in [-0.15, -0.1) is 0 Å². The summed E-state index contributed by atoms with van der Waals surface area (Å²) < 4.78 is 9.80. The third kappa shape index (κ3) is 5.17. The minimum absolute atomic E-state index is 0.0304. The molecule has 1 aromatic rings. The Kier molecular flexibility index (Phi) is 6.36. The van der Waals surface area contributed by atoms with E-state index in [1.54, 1.807) is 0 Å². The molecule has 0 saturated heterocycles. The van der Waals surface area contributed by atoms with E-state index in [-0.39, 0.29) is 17.0 Å². The molecule has 0 aromatic heterocycles. The maximum atomic E-state index is 11.4. The van der Waals surface area contributed by atoms with E-state index in [0.29, 0.717) is 6.61 Å². The lowest BCUT2D eigenvalue weighted by Crippen LogP contribution is -2.12. The minimum atomic E-state index is -1.10. The Morgan fingerprint density at radius 3 is 2.60 bits per heavy atom. The molecule has 0 aliphatic carbocycles. The van der Waals surface area contributed by atoms with Crippen molar-refractivity contribution in [2.75, 3.05) is 12.3 Å². The van der Waals surface area contributed by atoms with Gasteiger partial charge in [-0.2, -0.15) is 0 Å². The number of nitrogens with two attached hydrogens (primary N) is 1. The summed E-state index contributed by atoms with van der Waals surface area (Å²) >= 11 is 0. The van der Waals surface area contributed by atoms with Gasteiger partial charge in [0.1, 0.15) is 0 Å². The van der Waals surface area contributed by atoms with E-state index < -0.39 is 12.1 Å². The summed E-state index contributed by atoms with van der Waals surface area (Å²) in [6.45, 7) is 2.39. The van der Waals surface area contributed by atoms with Gasteiger partial charge in [0.15, 0.2) is 5.75 Å². The highest BCUT2D eigenvalue weighted by Crippen LogP contribution is 2.23. The second-order valence-corrected chi connectivity index (χ2v) is 4.32. The monoisotopic (exact) mass is 281 g/mol. The molecule has 6 nitrogen and oxygen atoms in total. The predicted molar refractivity (Wildman–Crippen MR) is 73.9 cm³/mol. The summed E-state index contributed by atoms with van der Waals surface area (Å²) in [6, 6.07) is 3.87. The van der Waals surface area contributed by atoms with E-state index in [4.69, 9.17) is 20.3 Å². The van der Waals surface area contributed by atoms with Crippen LogP contribution in [0.25, 0.3) is 0 Å². The third-order valence-electron chi connectivity index (χ3n) is 2.67. The number of carboxylic acids is 1. The van der Waals surface area contributed by atoms with Gasteiger partial charge in [-0.1, -0.05) is 26.2 Å². The van der Waals surface area contributed by atoms with Crippen LogP contribution in [0.4, 0.5) is 10.5 Å². The van der Waals surface area contributed by atoms with E-state index in [1.165, 1.54) is 18.2 Å². The Labute approximate surface area is 117 Å². The van der Waals surface area contributed by atoms with Crippen molar-refractivity contribution in [3.8, 4) is 5.75 Å². The summed E-state index contributed by atoms with van der Waals surface area (Å²) in [6.07, 6.45) is 3.16. The number of hydrogen-bond donors (Lipinski definition) is 2. The number of nitrogen functional groups attached to an aromatic ring is 1. The molecule has 1 aromatic carbocycles.